The summed E-state index contributed by atoms with van der Waals surface area (Å²) in [5.41, 5.74) is 7.40. The van der Waals surface area contributed by atoms with Gasteiger partial charge < -0.3 is 20.7 Å². The average molecular weight is 475 g/mol. The number of hydrogen-bond acceptors (Lipinski definition) is 5. The standard InChI is InChI=1S/C23H24F3N5O3/c1-3-4-17(32)30-11-22(12-30)9-15(10-22)31-20(27)18(21(33)28-2)19(29-31)14-5-7-16(8-6-14)34-13-23(24,25)26/h5-8,15H,9-13,27H2,1-2H3,(H,28,33). The van der Waals surface area contributed by atoms with Crippen molar-refractivity contribution >= 4 is 17.6 Å². The number of alkyl halides is 3. The van der Waals surface area contributed by atoms with Crippen LogP contribution < -0.4 is 15.8 Å². The number of nitrogens with two attached hydrogens (primary N) is 1. The Hall–Kier alpha value is -3.68. The summed E-state index contributed by atoms with van der Waals surface area (Å²) in [5.74, 6) is 4.83. The Morgan fingerprint density at radius 1 is 1.26 bits per heavy atom. The van der Waals surface area contributed by atoms with Gasteiger partial charge in [-0.25, -0.2) is 4.68 Å². The number of likely N-dealkylation sites (tertiary alicyclic amines) is 1. The normalized spacial score (nSPS) is 16.8. The van der Waals surface area contributed by atoms with Crippen molar-refractivity contribution in [2.45, 2.75) is 32.0 Å². The number of nitrogens with zero attached hydrogens (tertiary/aromatic N) is 3. The maximum absolute atomic E-state index is 12.6. The van der Waals surface area contributed by atoms with Crippen molar-refractivity contribution in [3.8, 4) is 28.8 Å². The summed E-state index contributed by atoms with van der Waals surface area (Å²) in [7, 11) is 1.48. The molecule has 2 aliphatic rings. The average Bonchev–Trinajstić information content (AvgIpc) is 3.07. The van der Waals surface area contributed by atoms with E-state index < -0.39 is 18.7 Å². The number of rotatable bonds is 5. The van der Waals surface area contributed by atoms with Crippen LogP contribution in [0.25, 0.3) is 11.3 Å². The summed E-state index contributed by atoms with van der Waals surface area (Å²) in [6, 6.07) is 5.83. The molecule has 34 heavy (non-hydrogen) atoms. The van der Waals surface area contributed by atoms with Crippen LogP contribution in [0.4, 0.5) is 19.0 Å². The minimum Gasteiger partial charge on any atom is -0.484 e. The van der Waals surface area contributed by atoms with Crippen LogP contribution in [0.3, 0.4) is 0 Å². The van der Waals surface area contributed by atoms with Gasteiger partial charge >= 0.3 is 6.18 Å². The third-order valence-corrected chi connectivity index (χ3v) is 6.19. The van der Waals surface area contributed by atoms with E-state index in [0.717, 1.165) is 12.8 Å². The first-order chi connectivity index (χ1) is 16.1. The lowest BCUT2D eigenvalue weighted by Crippen LogP contribution is -2.63. The highest BCUT2D eigenvalue weighted by Crippen LogP contribution is 2.54. The molecule has 1 aliphatic carbocycles. The van der Waals surface area contributed by atoms with Gasteiger partial charge in [0.2, 0.25) is 0 Å². The SMILES string of the molecule is CC#CC(=O)N1CC2(CC(n3nc(-c4ccc(OCC(F)(F)F)cc4)c(C(=O)NC)c3N)C2)C1. The molecule has 0 radical (unpaired) electrons. The van der Waals surface area contributed by atoms with Crippen LogP contribution in [-0.2, 0) is 4.79 Å². The summed E-state index contributed by atoms with van der Waals surface area (Å²) < 4.78 is 43.5. The molecule has 1 saturated carbocycles. The van der Waals surface area contributed by atoms with Crippen LogP contribution in [0, 0.1) is 17.3 Å². The molecule has 180 valence electrons. The van der Waals surface area contributed by atoms with Gasteiger partial charge in [0.1, 0.15) is 22.8 Å². The number of carbonyl (C=O) groups is 2. The third-order valence-electron chi connectivity index (χ3n) is 6.19. The van der Waals surface area contributed by atoms with Crippen molar-refractivity contribution in [3.63, 3.8) is 0 Å². The first-order valence-corrected chi connectivity index (χ1v) is 10.7. The van der Waals surface area contributed by atoms with Crippen molar-refractivity contribution in [1.82, 2.24) is 20.0 Å². The second-order valence-electron chi connectivity index (χ2n) is 8.66. The molecular formula is C23H24F3N5O3. The molecule has 4 rings (SSSR count). The molecule has 2 amide bonds. The van der Waals surface area contributed by atoms with Gasteiger partial charge in [-0.2, -0.15) is 18.3 Å². The van der Waals surface area contributed by atoms with Gasteiger partial charge in [0.15, 0.2) is 6.61 Å². The predicted octanol–water partition coefficient (Wildman–Crippen LogP) is 2.62. The lowest BCUT2D eigenvalue weighted by atomic mass is 9.60. The maximum atomic E-state index is 12.6. The Balaban J connectivity index is 1.52. The molecule has 0 bridgehead atoms. The van der Waals surface area contributed by atoms with Crippen LogP contribution in [0.2, 0.25) is 0 Å². The fourth-order valence-electron chi connectivity index (χ4n) is 4.61. The van der Waals surface area contributed by atoms with E-state index in [9.17, 15) is 22.8 Å². The van der Waals surface area contributed by atoms with E-state index in [4.69, 9.17) is 10.5 Å². The summed E-state index contributed by atoms with van der Waals surface area (Å²) in [6.45, 7) is 1.49. The lowest BCUT2D eigenvalue weighted by Gasteiger charge is -2.58. The zero-order chi connectivity index (χ0) is 24.7. The topological polar surface area (TPSA) is 102 Å². The minimum absolute atomic E-state index is 0.0128. The number of halogens is 3. The number of anilines is 1. The zero-order valence-corrected chi connectivity index (χ0v) is 18.7. The molecule has 2 aromatic rings. The van der Waals surface area contributed by atoms with Gasteiger partial charge in [-0.1, -0.05) is 5.92 Å². The first kappa shape index (κ1) is 23.5. The number of nitrogens with one attached hydrogen (secondary N) is 1. The molecule has 8 nitrogen and oxygen atoms in total. The molecule has 3 N–H and O–H groups in total. The number of carbonyl (C=O) groups excluding carboxylic acids is 2. The molecule has 1 saturated heterocycles. The fraction of sp³-hybridized carbons (Fsp3) is 0.435. The molecule has 1 aliphatic heterocycles. The van der Waals surface area contributed by atoms with Gasteiger partial charge in [0.25, 0.3) is 11.8 Å². The number of hydrogen-bond donors (Lipinski definition) is 2. The molecule has 1 aromatic carbocycles. The van der Waals surface area contributed by atoms with E-state index in [0.29, 0.717) is 24.3 Å². The Kier molecular flexibility index (Phi) is 5.93. The van der Waals surface area contributed by atoms with E-state index in [1.54, 1.807) is 16.5 Å². The number of nitrogen functional groups attached to an aromatic ring is 1. The Labute approximate surface area is 194 Å². The summed E-state index contributed by atoms with van der Waals surface area (Å²) in [5, 5.41) is 7.16. The van der Waals surface area contributed by atoms with Crippen LogP contribution >= 0.6 is 0 Å². The molecular weight excluding hydrogens is 451 g/mol. The Bertz CT molecular complexity index is 1160. The highest BCUT2D eigenvalue weighted by Gasteiger charge is 2.54. The molecule has 1 spiro atoms. The van der Waals surface area contributed by atoms with E-state index in [-0.39, 0.29) is 34.5 Å². The van der Waals surface area contributed by atoms with E-state index in [2.05, 4.69) is 22.3 Å². The molecule has 11 heteroatoms. The maximum Gasteiger partial charge on any atom is 0.422 e. The number of ether oxygens (including phenoxy) is 1. The molecule has 0 unspecified atom stereocenters. The summed E-state index contributed by atoms with van der Waals surface area (Å²) in [6.07, 6.45) is -2.91. The van der Waals surface area contributed by atoms with E-state index in [1.807, 2.05) is 0 Å². The largest absolute Gasteiger partial charge is 0.484 e. The van der Waals surface area contributed by atoms with Gasteiger partial charge in [-0.15, -0.1) is 0 Å². The van der Waals surface area contributed by atoms with E-state index >= 15 is 0 Å². The molecule has 0 atom stereocenters. The van der Waals surface area contributed by atoms with Crippen molar-refractivity contribution in [2.24, 2.45) is 5.41 Å². The quantitative estimate of drug-likeness (QED) is 0.648. The van der Waals surface area contributed by atoms with Crippen molar-refractivity contribution < 1.29 is 27.5 Å². The van der Waals surface area contributed by atoms with Crippen molar-refractivity contribution in [3.05, 3.63) is 29.8 Å². The van der Waals surface area contributed by atoms with Gasteiger partial charge in [-0.05, 0) is 50.0 Å². The van der Waals surface area contributed by atoms with Crippen LogP contribution in [0.5, 0.6) is 5.75 Å². The minimum atomic E-state index is -4.44. The Morgan fingerprint density at radius 3 is 2.47 bits per heavy atom. The van der Waals surface area contributed by atoms with Gasteiger partial charge in [0.05, 0.1) is 6.04 Å². The highest BCUT2D eigenvalue weighted by molar-refractivity contribution is 6.04. The summed E-state index contributed by atoms with van der Waals surface area (Å²) >= 11 is 0. The molecule has 1 aromatic heterocycles. The zero-order valence-electron chi connectivity index (χ0n) is 18.7. The monoisotopic (exact) mass is 475 g/mol. The van der Waals surface area contributed by atoms with Crippen LogP contribution in [0.15, 0.2) is 24.3 Å². The smallest absolute Gasteiger partial charge is 0.422 e. The summed E-state index contributed by atoms with van der Waals surface area (Å²) in [4.78, 5) is 26.2. The van der Waals surface area contributed by atoms with Crippen molar-refractivity contribution in [1.29, 1.82) is 0 Å². The highest BCUT2D eigenvalue weighted by atomic mass is 19.4. The van der Waals surface area contributed by atoms with E-state index in [1.165, 1.54) is 31.3 Å². The lowest BCUT2D eigenvalue weighted by molar-refractivity contribution is -0.153. The second-order valence-corrected chi connectivity index (χ2v) is 8.66. The van der Waals surface area contributed by atoms with Gasteiger partial charge in [-0.3, -0.25) is 9.59 Å². The second kappa shape index (κ2) is 8.59. The first-order valence-electron chi connectivity index (χ1n) is 10.7. The Morgan fingerprint density at radius 2 is 1.91 bits per heavy atom. The predicted molar refractivity (Wildman–Crippen MR) is 118 cm³/mol. The number of aromatic nitrogens is 2. The number of benzene rings is 1. The molecule has 2 fully saturated rings. The third kappa shape index (κ3) is 4.40. The fourth-order valence-corrected chi connectivity index (χ4v) is 4.61. The van der Waals surface area contributed by atoms with Crippen molar-refractivity contribution in [2.75, 3.05) is 32.5 Å². The molecule has 2 heterocycles. The van der Waals surface area contributed by atoms with Gasteiger partial charge in [0, 0.05) is 31.1 Å². The van der Waals surface area contributed by atoms with Crippen LogP contribution in [-0.4, -0.2) is 59.4 Å². The van der Waals surface area contributed by atoms with Crippen LogP contribution in [0.1, 0.15) is 36.2 Å². The number of amides is 2.